The Morgan fingerprint density at radius 3 is 2.67 bits per heavy atom. The second-order valence-electron chi connectivity index (χ2n) is 4.79. The van der Waals surface area contributed by atoms with Crippen LogP contribution in [-0.4, -0.2) is 10.9 Å². The molecule has 0 amide bonds. The van der Waals surface area contributed by atoms with E-state index in [9.17, 15) is 0 Å². The zero-order valence-electron chi connectivity index (χ0n) is 10.3. The molecule has 0 spiro atoms. The van der Waals surface area contributed by atoms with Crippen molar-refractivity contribution < 1.29 is 4.42 Å². The quantitative estimate of drug-likeness (QED) is 0.870. The maximum absolute atomic E-state index is 5.66. The first kappa shape index (κ1) is 12.0. The molecule has 0 bridgehead atoms. The largest absolute Gasteiger partial charge is 0.468 e. The molecule has 1 saturated carbocycles. The van der Waals surface area contributed by atoms with Crippen LogP contribution in [0.4, 0.5) is 0 Å². The molecular formula is C14H18N2OS. The molecule has 1 aliphatic carbocycles. The number of hydrogen-bond acceptors (Lipinski definition) is 4. The Kier molecular flexibility index (Phi) is 3.50. The standard InChI is InChI=1S/C14H18N2OS/c15-8-13-5-6-14(18-13)10-16(11-3-4-11)9-12-2-1-7-17-12/h1-2,5-7,11H,3-4,8-10,15H2. The van der Waals surface area contributed by atoms with Crippen molar-refractivity contribution in [3.05, 3.63) is 46.0 Å². The van der Waals surface area contributed by atoms with Gasteiger partial charge in [-0.3, -0.25) is 4.90 Å². The molecular weight excluding hydrogens is 244 g/mol. The molecule has 18 heavy (non-hydrogen) atoms. The van der Waals surface area contributed by atoms with E-state index in [2.05, 4.69) is 23.1 Å². The molecule has 0 atom stereocenters. The highest BCUT2D eigenvalue weighted by atomic mass is 32.1. The number of furan rings is 1. The van der Waals surface area contributed by atoms with Crippen molar-refractivity contribution in [2.45, 2.75) is 38.5 Å². The third-order valence-electron chi connectivity index (χ3n) is 3.28. The minimum absolute atomic E-state index is 0.645. The van der Waals surface area contributed by atoms with Crippen LogP contribution >= 0.6 is 11.3 Å². The summed E-state index contributed by atoms with van der Waals surface area (Å²) in [4.78, 5) is 5.16. The third-order valence-corrected chi connectivity index (χ3v) is 4.37. The van der Waals surface area contributed by atoms with Crippen molar-refractivity contribution >= 4 is 11.3 Å². The lowest BCUT2D eigenvalue weighted by molar-refractivity contribution is 0.227. The van der Waals surface area contributed by atoms with Crippen LogP contribution in [-0.2, 0) is 19.6 Å². The molecule has 0 saturated heterocycles. The van der Waals surface area contributed by atoms with Crippen molar-refractivity contribution in [2.24, 2.45) is 5.73 Å². The first-order valence-electron chi connectivity index (χ1n) is 6.39. The Bertz CT molecular complexity index is 488. The van der Waals surface area contributed by atoms with Crippen molar-refractivity contribution in [3.8, 4) is 0 Å². The predicted molar refractivity (Wildman–Crippen MR) is 73.2 cm³/mol. The fourth-order valence-corrected chi connectivity index (χ4v) is 3.10. The predicted octanol–water partition coefficient (Wildman–Crippen LogP) is 2.96. The van der Waals surface area contributed by atoms with Gasteiger partial charge in [-0.2, -0.15) is 0 Å². The van der Waals surface area contributed by atoms with Crippen LogP contribution in [0.25, 0.3) is 0 Å². The number of hydrogen-bond donors (Lipinski definition) is 1. The second-order valence-corrected chi connectivity index (χ2v) is 6.04. The fourth-order valence-electron chi connectivity index (χ4n) is 2.17. The van der Waals surface area contributed by atoms with Gasteiger partial charge in [0.2, 0.25) is 0 Å². The lowest BCUT2D eigenvalue weighted by Crippen LogP contribution is -2.24. The number of rotatable bonds is 6. The van der Waals surface area contributed by atoms with Gasteiger partial charge in [-0.25, -0.2) is 0 Å². The molecule has 2 aromatic rings. The highest BCUT2D eigenvalue weighted by Gasteiger charge is 2.29. The van der Waals surface area contributed by atoms with Crippen LogP contribution in [0, 0.1) is 0 Å². The second kappa shape index (κ2) is 5.26. The van der Waals surface area contributed by atoms with Crippen molar-refractivity contribution in [3.63, 3.8) is 0 Å². The van der Waals surface area contributed by atoms with Gasteiger partial charge in [-0.15, -0.1) is 11.3 Å². The van der Waals surface area contributed by atoms with Gasteiger partial charge in [0.05, 0.1) is 12.8 Å². The molecule has 2 N–H and O–H groups in total. The van der Waals surface area contributed by atoms with Gasteiger partial charge in [0.15, 0.2) is 0 Å². The minimum atomic E-state index is 0.645. The zero-order chi connectivity index (χ0) is 12.4. The molecule has 96 valence electrons. The summed E-state index contributed by atoms with van der Waals surface area (Å²) in [5.74, 6) is 1.05. The average Bonchev–Trinajstić information content (AvgIpc) is 2.92. The van der Waals surface area contributed by atoms with E-state index in [-0.39, 0.29) is 0 Å². The zero-order valence-corrected chi connectivity index (χ0v) is 11.2. The monoisotopic (exact) mass is 262 g/mol. The van der Waals surface area contributed by atoms with E-state index >= 15 is 0 Å². The highest BCUT2D eigenvalue weighted by molar-refractivity contribution is 7.11. The molecule has 0 unspecified atom stereocenters. The number of nitrogens with zero attached hydrogens (tertiary/aromatic N) is 1. The van der Waals surface area contributed by atoms with Gasteiger partial charge >= 0.3 is 0 Å². The summed E-state index contributed by atoms with van der Waals surface area (Å²) in [5, 5.41) is 0. The SMILES string of the molecule is NCc1ccc(CN(Cc2ccco2)C2CC2)s1. The summed E-state index contributed by atoms with van der Waals surface area (Å²) >= 11 is 1.82. The third kappa shape index (κ3) is 2.83. The van der Waals surface area contributed by atoms with Crippen molar-refractivity contribution in [2.75, 3.05) is 0 Å². The van der Waals surface area contributed by atoms with E-state index < -0.39 is 0 Å². The Hall–Kier alpha value is -1.10. The first-order chi connectivity index (χ1) is 8.85. The van der Waals surface area contributed by atoms with Gasteiger partial charge in [0.25, 0.3) is 0 Å². The molecule has 2 aromatic heterocycles. The Morgan fingerprint density at radius 2 is 2.06 bits per heavy atom. The summed E-state index contributed by atoms with van der Waals surface area (Å²) in [6, 6.07) is 9.08. The van der Waals surface area contributed by atoms with Crippen LogP contribution in [0.2, 0.25) is 0 Å². The fraction of sp³-hybridized carbons (Fsp3) is 0.429. The van der Waals surface area contributed by atoms with Gasteiger partial charge in [0, 0.05) is 28.9 Å². The lowest BCUT2D eigenvalue weighted by Gasteiger charge is -2.19. The molecule has 4 heteroatoms. The average molecular weight is 262 g/mol. The van der Waals surface area contributed by atoms with Crippen LogP contribution in [0.5, 0.6) is 0 Å². The highest BCUT2D eigenvalue weighted by Crippen LogP contribution is 2.31. The Morgan fingerprint density at radius 1 is 1.22 bits per heavy atom. The molecule has 2 heterocycles. The molecule has 1 aliphatic rings. The van der Waals surface area contributed by atoms with E-state index in [4.69, 9.17) is 10.2 Å². The van der Waals surface area contributed by atoms with Crippen LogP contribution in [0.1, 0.15) is 28.4 Å². The maximum Gasteiger partial charge on any atom is 0.117 e. The molecule has 0 radical (unpaired) electrons. The van der Waals surface area contributed by atoms with Gasteiger partial charge in [0.1, 0.15) is 5.76 Å². The van der Waals surface area contributed by atoms with Crippen LogP contribution < -0.4 is 5.73 Å². The van der Waals surface area contributed by atoms with Crippen LogP contribution in [0.3, 0.4) is 0 Å². The Balaban J connectivity index is 1.66. The Labute approximate surface area is 111 Å². The smallest absolute Gasteiger partial charge is 0.117 e. The summed E-state index contributed by atoms with van der Waals surface area (Å²) in [7, 11) is 0. The van der Waals surface area contributed by atoms with Gasteiger partial charge < -0.3 is 10.2 Å². The summed E-state index contributed by atoms with van der Waals surface area (Å²) in [6.45, 7) is 2.57. The summed E-state index contributed by atoms with van der Waals surface area (Å²) in [5.41, 5.74) is 5.66. The van der Waals surface area contributed by atoms with Gasteiger partial charge in [-0.1, -0.05) is 0 Å². The number of thiophene rings is 1. The maximum atomic E-state index is 5.66. The summed E-state index contributed by atoms with van der Waals surface area (Å²) in [6.07, 6.45) is 4.38. The van der Waals surface area contributed by atoms with Crippen molar-refractivity contribution in [1.82, 2.24) is 4.90 Å². The van der Waals surface area contributed by atoms with E-state index in [0.717, 1.165) is 24.9 Å². The van der Waals surface area contributed by atoms with E-state index in [1.54, 1.807) is 6.26 Å². The van der Waals surface area contributed by atoms with Crippen molar-refractivity contribution in [1.29, 1.82) is 0 Å². The molecule has 3 nitrogen and oxygen atoms in total. The molecule has 3 rings (SSSR count). The van der Waals surface area contributed by atoms with E-state index in [0.29, 0.717) is 6.54 Å². The van der Waals surface area contributed by atoms with Crippen LogP contribution in [0.15, 0.2) is 34.9 Å². The van der Waals surface area contributed by atoms with Gasteiger partial charge in [-0.05, 0) is 37.1 Å². The number of nitrogens with two attached hydrogens (primary N) is 1. The normalized spacial score (nSPS) is 15.4. The minimum Gasteiger partial charge on any atom is -0.468 e. The molecule has 0 aliphatic heterocycles. The molecule has 1 fully saturated rings. The van der Waals surface area contributed by atoms with E-state index in [1.165, 1.54) is 22.6 Å². The lowest BCUT2D eigenvalue weighted by atomic mass is 10.3. The summed E-state index contributed by atoms with van der Waals surface area (Å²) < 4.78 is 5.45. The topological polar surface area (TPSA) is 42.4 Å². The van der Waals surface area contributed by atoms with E-state index in [1.807, 2.05) is 17.4 Å². The molecule has 0 aromatic carbocycles. The first-order valence-corrected chi connectivity index (χ1v) is 7.21.